The van der Waals surface area contributed by atoms with Gasteiger partial charge in [-0.3, -0.25) is 4.79 Å². The fraction of sp³-hybridized carbons (Fsp3) is 0.0417. The van der Waals surface area contributed by atoms with Crippen LogP contribution in [0.5, 0.6) is 5.75 Å². The summed E-state index contributed by atoms with van der Waals surface area (Å²) in [7, 11) is 0. The van der Waals surface area contributed by atoms with Crippen molar-refractivity contribution in [2.75, 3.05) is 0 Å². The molecule has 9 heteroatoms. The van der Waals surface area contributed by atoms with E-state index in [1.54, 1.807) is 48.5 Å². The lowest BCUT2D eigenvalue weighted by atomic mass is 10.1. The predicted molar refractivity (Wildman–Crippen MR) is 131 cm³/mol. The van der Waals surface area contributed by atoms with Crippen molar-refractivity contribution < 1.29 is 23.8 Å². The highest BCUT2D eigenvalue weighted by Crippen LogP contribution is 2.31. The second-order valence-electron chi connectivity index (χ2n) is 6.98. The first-order chi connectivity index (χ1) is 15.9. The molecule has 4 rings (SSSR count). The molecule has 0 unspecified atom stereocenters. The van der Waals surface area contributed by atoms with Crippen LogP contribution in [0, 0.1) is 0 Å². The first-order valence-corrected chi connectivity index (χ1v) is 11.2. The number of hydrogen-bond donors (Lipinski definition) is 2. The molecular weight excluding hydrogens is 556 g/mol. The van der Waals surface area contributed by atoms with Gasteiger partial charge in [0.1, 0.15) is 17.9 Å². The van der Waals surface area contributed by atoms with Crippen LogP contribution in [-0.2, 0) is 6.61 Å². The van der Waals surface area contributed by atoms with E-state index in [4.69, 9.17) is 14.3 Å². The van der Waals surface area contributed by atoms with Crippen molar-refractivity contribution in [3.05, 3.63) is 98.1 Å². The molecule has 33 heavy (non-hydrogen) atoms. The Kier molecular flexibility index (Phi) is 6.90. The van der Waals surface area contributed by atoms with Crippen LogP contribution in [0.15, 0.2) is 85.2 Å². The van der Waals surface area contributed by atoms with Gasteiger partial charge < -0.3 is 14.3 Å². The highest BCUT2D eigenvalue weighted by atomic mass is 79.9. The maximum atomic E-state index is 12.3. The number of furan rings is 1. The standard InChI is InChI=1S/C24H16Br2N2O5/c25-18-9-17-10-21(33-22(17)20(26)11-18)23(29)28-27-12-14-4-6-19(7-5-14)32-13-15-2-1-3-16(8-15)24(30)31/h1-12H,13H2,(H,28,29)(H,30,31)/b27-12-. The number of amides is 1. The molecule has 2 N–H and O–H groups in total. The van der Waals surface area contributed by atoms with Gasteiger partial charge in [0, 0.05) is 9.86 Å². The van der Waals surface area contributed by atoms with Crippen LogP contribution in [-0.4, -0.2) is 23.2 Å². The number of rotatable bonds is 7. The van der Waals surface area contributed by atoms with Gasteiger partial charge in [0.25, 0.3) is 0 Å². The number of carbonyl (C=O) groups is 2. The lowest BCUT2D eigenvalue weighted by Gasteiger charge is -2.07. The normalized spacial score (nSPS) is 11.1. The summed E-state index contributed by atoms with van der Waals surface area (Å²) in [5.41, 5.74) is 4.76. The van der Waals surface area contributed by atoms with E-state index in [0.717, 1.165) is 25.5 Å². The molecule has 3 aromatic carbocycles. The van der Waals surface area contributed by atoms with Crippen LogP contribution < -0.4 is 10.2 Å². The lowest BCUT2D eigenvalue weighted by Crippen LogP contribution is -2.16. The Morgan fingerprint density at radius 2 is 1.85 bits per heavy atom. The highest BCUT2D eigenvalue weighted by Gasteiger charge is 2.14. The van der Waals surface area contributed by atoms with Crippen LogP contribution in [0.1, 0.15) is 32.0 Å². The molecular formula is C24H16Br2N2O5. The van der Waals surface area contributed by atoms with E-state index in [0.29, 0.717) is 11.3 Å². The third kappa shape index (κ3) is 5.68. The summed E-state index contributed by atoms with van der Waals surface area (Å²) in [6.45, 7) is 0.245. The summed E-state index contributed by atoms with van der Waals surface area (Å²) in [5, 5.41) is 13.8. The van der Waals surface area contributed by atoms with Gasteiger partial charge in [0.15, 0.2) is 5.76 Å². The fourth-order valence-corrected chi connectivity index (χ4v) is 4.36. The monoisotopic (exact) mass is 570 g/mol. The zero-order chi connectivity index (χ0) is 23.4. The molecule has 0 atom stereocenters. The third-order valence-electron chi connectivity index (χ3n) is 4.60. The lowest BCUT2D eigenvalue weighted by molar-refractivity contribution is 0.0696. The Labute approximate surface area is 205 Å². The van der Waals surface area contributed by atoms with E-state index < -0.39 is 11.9 Å². The summed E-state index contributed by atoms with van der Waals surface area (Å²) in [5.74, 6) is -0.671. The Balaban J connectivity index is 1.33. The van der Waals surface area contributed by atoms with Gasteiger partial charge in [-0.25, -0.2) is 10.2 Å². The topological polar surface area (TPSA) is 101 Å². The number of benzene rings is 3. The first-order valence-electron chi connectivity index (χ1n) is 9.66. The summed E-state index contributed by atoms with van der Waals surface area (Å²) in [6.07, 6.45) is 1.51. The van der Waals surface area contributed by atoms with Crippen LogP contribution in [0.25, 0.3) is 11.0 Å². The minimum Gasteiger partial charge on any atom is -0.489 e. The molecule has 0 bridgehead atoms. The molecule has 0 aliphatic carbocycles. The zero-order valence-electron chi connectivity index (χ0n) is 16.9. The van der Waals surface area contributed by atoms with E-state index in [-0.39, 0.29) is 17.9 Å². The minimum atomic E-state index is -0.978. The minimum absolute atomic E-state index is 0.150. The molecule has 4 aromatic rings. The van der Waals surface area contributed by atoms with Gasteiger partial charge >= 0.3 is 11.9 Å². The first kappa shape index (κ1) is 22.8. The molecule has 166 valence electrons. The van der Waals surface area contributed by atoms with Crippen molar-refractivity contribution in [2.45, 2.75) is 6.61 Å². The van der Waals surface area contributed by atoms with Gasteiger partial charge in [0.05, 0.1) is 16.3 Å². The zero-order valence-corrected chi connectivity index (χ0v) is 20.1. The van der Waals surface area contributed by atoms with Gasteiger partial charge in [-0.1, -0.05) is 28.1 Å². The molecule has 1 heterocycles. The Morgan fingerprint density at radius 1 is 1.06 bits per heavy atom. The van der Waals surface area contributed by atoms with Gasteiger partial charge in [-0.2, -0.15) is 5.10 Å². The van der Waals surface area contributed by atoms with Crippen LogP contribution in [0.4, 0.5) is 0 Å². The number of aromatic carboxylic acids is 1. The molecule has 0 saturated carbocycles. The van der Waals surface area contributed by atoms with Crippen molar-refractivity contribution in [3.63, 3.8) is 0 Å². The quantitative estimate of drug-likeness (QED) is 0.209. The molecule has 0 aliphatic rings. The molecule has 1 aromatic heterocycles. The van der Waals surface area contributed by atoms with E-state index in [9.17, 15) is 9.59 Å². The number of carbonyl (C=O) groups excluding carboxylic acids is 1. The molecule has 0 fully saturated rings. The molecule has 1 amide bonds. The SMILES string of the molecule is O=C(O)c1cccc(COc2ccc(/C=N\NC(=O)c3cc4cc(Br)cc(Br)c4o3)cc2)c1. The largest absolute Gasteiger partial charge is 0.489 e. The Bertz CT molecular complexity index is 1360. The smallest absolute Gasteiger partial charge is 0.335 e. The predicted octanol–water partition coefficient (Wildman–Crippen LogP) is 6.00. The van der Waals surface area contributed by atoms with Crippen molar-refractivity contribution in [3.8, 4) is 5.75 Å². The summed E-state index contributed by atoms with van der Waals surface area (Å²) >= 11 is 6.82. The average molecular weight is 572 g/mol. The second-order valence-corrected chi connectivity index (χ2v) is 8.75. The van der Waals surface area contributed by atoms with Crippen molar-refractivity contribution in [2.24, 2.45) is 5.10 Å². The Morgan fingerprint density at radius 3 is 2.61 bits per heavy atom. The number of nitrogens with zero attached hydrogens (tertiary/aromatic N) is 1. The summed E-state index contributed by atoms with van der Waals surface area (Å²) < 4.78 is 12.9. The van der Waals surface area contributed by atoms with Crippen molar-refractivity contribution in [1.29, 1.82) is 0 Å². The van der Waals surface area contributed by atoms with E-state index >= 15 is 0 Å². The van der Waals surface area contributed by atoms with Gasteiger partial charge in [0.2, 0.25) is 0 Å². The Hall–Kier alpha value is -3.43. The summed E-state index contributed by atoms with van der Waals surface area (Å²) in [4.78, 5) is 23.4. The van der Waals surface area contributed by atoms with Crippen LogP contribution in [0.2, 0.25) is 0 Å². The highest BCUT2D eigenvalue weighted by molar-refractivity contribution is 9.11. The number of ether oxygens (including phenoxy) is 1. The number of hydrogen-bond acceptors (Lipinski definition) is 5. The third-order valence-corrected chi connectivity index (χ3v) is 5.65. The molecule has 0 aliphatic heterocycles. The molecule has 0 spiro atoms. The number of halogens is 2. The van der Waals surface area contributed by atoms with Crippen molar-refractivity contribution >= 4 is 60.9 Å². The molecule has 0 radical (unpaired) electrons. The van der Waals surface area contributed by atoms with Crippen LogP contribution >= 0.6 is 31.9 Å². The fourth-order valence-electron chi connectivity index (χ4n) is 3.02. The number of hydrazone groups is 1. The van der Waals surface area contributed by atoms with E-state index in [1.165, 1.54) is 12.3 Å². The number of carboxylic acid groups (broad SMARTS) is 1. The van der Waals surface area contributed by atoms with Gasteiger partial charge in [-0.05, 0) is 81.7 Å². The number of fused-ring (bicyclic) bond motifs is 1. The maximum Gasteiger partial charge on any atom is 0.335 e. The van der Waals surface area contributed by atoms with E-state index in [1.807, 2.05) is 12.1 Å². The molecule has 7 nitrogen and oxygen atoms in total. The second kappa shape index (κ2) is 10.0. The maximum absolute atomic E-state index is 12.3. The van der Waals surface area contributed by atoms with Crippen molar-refractivity contribution in [1.82, 2.24) is 5.43 Å². The molecule has 0 saturated heterocycles. The average Bonchev–Trinajstić information content (AvgIpc) is 3.23. The summed E-state index contributed by atoms with van der Waals surface area (Å²) in [6, 6.07) is 19.0. The van der Waals surface area contributed by atoms with Crippen LogP contribution in [0.3, 0.4) is 0 Å². The number of carboxylic acids is 1. The van der Waals surface area contributed by atoms with Gasteiger partial charge in [-0.15, -0.1) is 0 Å². The number of nitrogens with one attached hydrogen (secondary N) is 1. The van der Waals surface area contributed by atoms with E-state index in [2.05, 4.69) is 42.4 Å².